The molecule has 2 aromatic rings. The van der Waals surface area contributed by atoms with Crippen molar-refractivity contribution in [1.29, 1.82) is 0 Å². The first-order valence-corrected chi connectivity index (χ1v) is 13.3. The van der Waals surface area contributed by atoms with Gasteiger partial charge in [0.2, 0.25) is 5.88 Å². The number of nitrogens with one attached hydrogen (secondary N) is 1. The molecule has 0 saturated heterocycles. The van der Waals surface area contributed by atoms with Crippen LogP contribution in [0.4, 0.5) is 5.69 Å². The Morgan fingerprint density at radius 2 is 1.40 bits per heavy atom. The molecule has 0 saturated carbocycles. The van der Waals surface area contributed by atoms with Crippen LogP contribution in [0.5, 0.6) is 5.88 Å². The number of nitrogens with zero attached hydrogens (tertiary/aromatic N) is 1. The average Bonchev–Trinajstić information content (AvgIpc) is 2.83. The second kappa shape index (κ2) is 15.4. The van der Waals surface area contributed by atoms with E-state index in [-0.39, 0.29) is 31.7 Å². The largest absolute Gasteiger partial charge is 0.478 e. The molecule has 0 radical (unpaired) electrons. The van der Waals surface area contributed by atoms with Crippen LogP contribution in [0, 0.1) is 0 Å². The highest BCUT2D eigenvalue weighted by atomic mass is 35.5. The number of rotatable bonds is 15. The highest BCUT2D eigenvalue weighted by Crippen LogP contribution is 2.42. The number of aromatic nitrogens is 1. The summed E-state index contributed by atoms with van der Waals surface area (Å²) in [6.45, 7) is 2.66. The second-order valence-corrected chi connectivity index (χ2v) is 9.66. The number of ether oxygens (including phenoxy) is 1. The number of anilines is 1. The van der Waals surface area contributed by atoms with Crippen molar-refractivity contribution in [3.05, 3.63) is 49.5 Å². The molecule has 35 heavy (non-hydrogen) atoms. The number of pyridine rings is 1. The molecular weight excluding hydrogens is 534 g/mol. The number of amides is 1. The van der Waals surface area contributed by atoms with E-state index < -0.39 is 23.0 Å². The summed E-state index contributed by atoms with van der Waals surface area (Å²) >= 11 is 24.2. The van der Waals surface area contributed by atoms with Gasteiger partial charge in [-0.1, -0.05) is 111 Å². The smallest absolute Gasteiger partial charge is 0.338 e. The van der Waals surface area contributed by atoms with Crippen LogP contribution in [0.3, 0.4) is 0 Å². The fourth-order valence-electron chi connectivity index (χ4n) is 3.59. The predicted molar refractivity (Wildman–Crippen MR) is 143 cm³/mol. The molecule has 0 unspecified atom stereocenters. The van der Waals surface area contributed by atoms with E-state index in [4.69, 9.17) is 51.1 Å². The first kappa shape index (κ1) is 29.5. The molecule has 192 valence electrons. The van der Waals surface area contributed by atoms with E-state index in [1.165, 1.54) is 51.1 Å². The zero-order valence-electron chi connectivity index (χ0n) is 19.6. The van der Waals surface area contributed by atoms with Crippen molar-refractivity contribution in [2.75, 3.05) is 11.9 Å². The molecule has 6 nitrogen and oxygen atoms in total. The Bertz CT molecular complexity index is 1020. The maximum atomic E-state index is 13.0. The van der Waals surface area contributed by atoms with E-state index in [1.54, 1.807) is 12.1 Å². The summed E-state index contributed by atoms with van der Waals surface area (Å²) in [5, 5.41) is 11.0. The zero-order chi connectivity index (χ0) is 25.8. The lowest BCUT2D eigenvalue weighted by Crippen LogP contribution is -2.19. The van der Waals surface area contributed by atoms with Crippen LogP contribution in [0.1, 0.15) is 91.8 Å². The molecule has 0 fully saturated rings. The number of aromatic carboxylic acids is 1. The number of carbonyl (C=O) groups is 2. The SMILES string of the molecule is CCCCCCCCCCCCOc1ncccc1NC(=O)c1c(Cl)c(Cl)c(Cl)c(Cl)c1C(=O)O. The summed E-state index contributed by atoms with van der Waals surface area (Å²) < 4.78 is 5.77. The van der Waals surface area contributed by atoms with Gasteiger partial charge in [-0.2, -0.15) is 0 Å². The van der Waals surface area contributed by atoms with Gasteiger partial charge in [-0.3, -0.25) is 4.79 Å². The standard InChI is InChI=1S/C25H30Cl4N2O4/c1-2-3-4-5-6-7-8-9-10-11-15-35-24-16(13-12-14-30-24)31-23(32)17-18(25(33)34)20(27)22(29)21(28)19(17)26/h12-14H,2-11,15H2,1H3,(H,31,32)(H,33,34). The van der Waals surface area contributed by atoms with Crippen molar-refractivity contribution in [1.82, 2.24) is 4.98 Å². The maximum absolute atomic E-state index is 13.0. The number of carbonyl (C=O) groups excluding carboxylic acids is 1. The van der Waals surface area contributed by atoms with Gasteiger partial charge in [0.05, 0.1) is 37.8 Å². The van der Waals surface area contributed by atoms with Gasteiger partial charge in [0, 0.05) is 6.20 Å². The molecular formula is C25H30Cl4N2O4. The number of benzene rings is 1. The van der Waals surface area contributed by atoms with E-state index in [2.05, 4.69) is 17.2 Å². The van der Waals surface area contributed by atoms with E-state index in [0.29, 0.717) is 6.61 Å². The normalized spacial score (nSPS) is 10.9. The topological polar surface area (TPSA) is 88.5 Å². The summed E-state index contributed by atoms with van der Waals surface area (Å²) in [7, 11) is 0. The Morgan fingerprint density at radius 1 is 0.857 bits per heavy atom. The molecule has 0 bridgehead atoms. The Balaban J connectivity index is 1.94. The van der Waals surface area contributed by atoms with E-state index in [1.807, 2.05) is 0 Å². The molecule has 0 aliphatic carbocycles. The summed E-state index contributed by atoms with van der Waals surface area (Å²) in [6, 6.07) is 3.21. The summed E-state index contributed by atoms with van der Waals surface area (Å²) in [4.78, 5) is 28.9. The third-order valence-electron chi connectivity index (χ3n) is 5.46. The van der Waals surface area contributed by atoms with Gasteiger partial charge >= 0.3 is 5.97 Å². The lowest BCUT2D eigenvalue weighted by molar-refractivity contribution is 0.0692. The van der Waals surface area contributed by atoms with Crippen molar-refractivity contribution < 1.29 is 19.4 Å². The van der Waals surface area contributed by atoms with Crippen LogP contribution < -0.4 is 10.1 Å². The Hall–Kier alpha value is -1.73. The molecule has 1 amide bonds. The fourth-order valence-corrected chi connectivity index (χ4v) is 4.61. The van der Waals surface area contributed by atoms with Crippen molar-refractivity contribution in [2.45, 2.75) is 71.1 Å². The summed E-state index contributed by atoms with van der Waals surface area (Å²) in [6.07, 6.45) is 13.6. The number of carboxylic acid groups (broad SMARTS) is 1. The van der Waals surface area contributed by atoms with Crippen LogP contribution in [-0.4, -0.2) is 28.6 Å². The zero-order valence-corrected chi connectivity index (χ0v) is 22.7. The third-order valence-corrected chi connectivity index (χ3v) is 7.27. The van der Waals surface area contributed by atoms with Crippen molar-refractivity contribution in [2.24, 2.45) is 0 Å². The van der Waals surface area contributed by atoms with Crippen molar-refractivity contribution in [3.63, 3.8) is 0 Å². The lowest BCUT2D eigenvalue weighted by atomic mass is 10.1. The highest BCUT2D eigenvalue weighted by molar-refractivity contribution is 6.54. The quantitative estimate of drug-likeness (QED) is 0.128. The van der Waals surface area contributed by atoms with Crippen molar-refractivity contribution in [3.8, 4) is 5.88 Å². The monoisotopic (exact) mass is 562 g/mol. The van der Waals surface area contributed by atoms with E-state index in [9.17, 15) is 14.7 Å². The molecule has 0 aliphatic rings. The number of hydrogen-bond donors (Lipinski definition) is 2. The van der Waals surface area contributed by atoms with Crippen LogP contribution in [0.2, 0.25) is 20.1 Å². The first-order chi connectivity index (χ1) is 16.8. The van der Waals surface area contributed by atoms with Crippen LogP contribution in [0.25, 0.3) is 0 Å². The lowest BCUT2D eigenvalue weighted by Gasteiger charge is -2.15. The van der Waals surface area contributed by atoms with Gasteiger partial charge in [0.25, 0.3) is 5.91 Å². The van der Waals surface area contributed by atoms with Gasteiger partial charge in [0.15, 0.2) is 0 Å². The molecule has 1 heterocycles. The van der Waals surface area contributed by atoms with Gasteiger partial charge in [-0.25, -0.2) is 9.78 Å². The van der Waals surface area contributed by atoms with E-state index in [0.717, 1.165) is 19.3 Å². The van der Waals surface area contributed by atoms with Gasteiger partial charge in [0.1, 0.15) is 5.69 Å². The minimum absolute atomic E-state index is 0.211. The molecule has 0 aliphatic heterocycles. The van der Waals surface area contributed by atoms with E-state index >= 15 is 0 Å². The summed E-state index contributed by atoms with van der Waals surface area (Å²) in [5.41, 5.74) is -0.678. The molecule has 10 heteroatoms. The number of halogens is 4. The molecule has 0 spiro atoms. The third kappa shape index (κ3) is 8.71. The van der Waals surface area contributed by atoms with Gasteiger partial charge in [-0.05, 0) is 18.6 Å². The molecule has 1 aromatic heterocycles. The van der Waals surface area contributed by atoms with Gasteiger partial charge in [-0.15, -0.1) is 0 Å². The second-order valence-electron chi connectivity index (χ2n) is 8.15. The van der Waals surface area contributed by atoms with Crippen molar-refractivity contribution >= 4 is 64.0 Å². The van der Waals surface area contributed by atoms with Crippen LogP contribution in [-0.2, 0) is 0 Å². The first-order valence-electron chi connectivity index (χ1n) is 11.8. The number of hydrogen-bond acceptors (Lipinski definition) is 4. The average molecular weight is 564 g/mol. The minimum Gasteiger partial charge on any atom is -0.478 e. The Morgan fingerprint density at radius 3 is 1.97 bits per heavy atom. The number of unbranched alkanes of at least 4 members (excludes halogenated alkanes) is 9. The minimum atomic E-state index is -1.47. The van der Waals surface area contributed by atoms with Gasteiger partial charge < -0.3 is 15.2 Å². The molecule has 0 atom stereocenters. The molecule has 2 rings (SSSR count). The highest BCUT2D eigenvalue weighted by Gasteiger charge is 2.29. The molecule has 2 N–H and O–H groups in total. The predicted octanol–water partition coefficient (Wildman–Crippen LogP) is 8.95. The van der Waals surface area contributed by atoms with Crippen LogP contribution >= 0.6 is 46.4 Å². The Labute approximate surface area is 226 Å². The van der Waals surface area contributed by atoms with Crippen LogP contribution in [0.15, 0.2) is 18.3 Å². The summed E-state index contributed by atoms with van der Waals surface area (Å²) in [5.74, 6) is -2.08. The Kier molecular flexibility index (Phi) is 13.0. The maximum Gasteiger partial charge on any atom is 0.338 e. The fraction of sp³-hybridized carbons (Fsp3) is 0.480. The number of carboxylic acids is 1. The molecule has 1 aromatic carbocycles.